The fourth-order valence-corrected chi connectivity index (χ4v) is 1.71. The third kappa shape index (κ3) is 20.3. The van der Waals surface area contributed by atoms with Gasteiger partial charge in [0.1, 0.15) is 46.3 Å². The molecule has 0 aliphatic rings. The van der Waals surface area contributed by atoms with E-state index >= 15 is 0 Å². The molecule has 0 saturated carbocycles. The first-order valence-electron chi connectivity index (χ1n) is 10.8. The Labute approximate surface area is 215 Å². The molecular formula is C23H34N2O12. The molecule has 0 bridgehead atoms. The van der Waals surface area contributed by atoms with Crippen LogP contribution in [0.1, 0.15) is 13.8 Å². The van der Waals surface area contributed by atoms with Crippen LogP contribution in [-0.2, 0) is 53.1 Å². The van der Waals surface area contributed by atoms with E-state index in [1.807, 2.05) is 0 Å². The van der Waals surface area contributed by atoms with E-state index in [0.29, 0.717) is 0 Å². The second-order valence-corrected chi connectivity index (χ2v) is 7.04. The molecule has 0 aromatic carbocycles. The molecule has 0 rings (SSSR count). The van der Waals surface area contributed by atoms with Gasteiger partial charge in [-0.05, 0) is 13.8 Å². The Balaban J connectivity index is 4.49. The van der Waals surface area contributed by atoms with Crippen LogP contribution in [0.25, 0.3) is 0 Å². The topological polar surface area (TPSA) is 159 Å². The number of nitrogens with one attached hydrogen (secondary N) is 1. The molecule has 0 heterocycles. The number of ether oxygens (including phenoxy) is 3. The smallest absolute Gasteiger partial charge is 0.409 e. The van der Waals surface area contributed by atoms with E-state index in [0.717, 1.165) is 18.0 Å². The molecule has 0 saturated heterocycles. The minimum Gasteiger partial charge on any atom is -0.459 e. The highest BCUT2D eigenvalue weighted by atomic mass is 17.2. The Morgan fingerprint density at radius 3 is 2.22 bits per heavy atom. The Hall–Kier alpha value is -3.56. The zero-order valence-corrected chi connectivity index (χ0v) is 21.0. The molecular weight excluding hydrogens is 496 g/mol. The number of alkyl carbamates (subject to hydrolysis) is 1. The summed E-state index contributed by atoms with van der Waals surface area (Å²) in [6, 6.07) is 0. The van der Waals surface area contributed by atoms with Crippen molar-refractivity contribution in [2.75, 3.05) is 46.3 Å². The van der Waals surface area contributed by atoms with Crippen LogP contribution < -0.4 is 5.32 Å². The quantitative estimate of drug-likeness (QED) is 0.0250. The second kappa shape index (κ2) is 21.7. The van der Waals surface area contributed by atoms with Gasteiger partial charge in [-0.25, -0.2) is 38.9 Å². The summed E-state index contributed by atoms with van der Waals surface area (Å²) in [6.45, 7) is 16.2. The van der Waals surface area contributed by atoms with Crippen molar-refractivity contribution < 1.29 is 57.9 Å². The lowest BCUT2D eigenvalue weighted by atomic mass is 10.3. The molecule has 37 heavy (non-hydrogen) atoms. The van der Waals surface area contributed by atoms with Gasteiger partial charge in [-0.15, -0.1) is 6.58 Å². The lowest BCUT2D eigenvalue weighted by Crippen LogP contribution is -2.34. The Morgan fingerprint density at radius 1 is 0.919 bits per heavy atom. The highest BCUT2D eigenvalue weighted by Crippen LogP contribution is 2.01. The molecule has 0 aromatic rings. The molecule has 0 spiro atoms. The van der Waals surface area contributed by atoms with Gasteiger partial charge in [-0.1, -0.05) is 31.4 Å². The predicted molar refractivity (Wildman–Crippen MR) is 128 cm³/mol. The van der Waals surface area contributed by atoms with Crippen molar-refractivity contribution in [3.63, 3.8) is 0 Å². The molecule has 1 N–H and O–H groups in total. The van der Waals surface area contributed by atoms with Crippen molar-refractivity contribution >= 4 is 24.4 Å². The normalized spacial score (nSPS) is 12.2. The van der Waals surface area contributed by atoms with Crippen LogP contribution in [0.5, 0.6) is 0 Å². The van der Waals surface area contributed by atoms with E-state index in [4.69, 9.17) is 43.5 Å². The summed E-state index contributed by atoms with van der Waals surface area (Å²) in [4.78, 5) is 67.9. The summed E-state index contributed by atoms with van der Waals surface area (Å²) in [6.07, 6.45) is 0.591. The standard InChI is InChI=1S/C23H34N2O12/c1-7-9-31-33-13-19(14-34-32-10-17(3)4)36-23(28)25-15-24-16-35-37-20(11-29-21(26)8-2)12-30-22(27)18(5)6/h7-8,16,19-20H,1-3,5,9-15H2,4,6H3,(H,25,28)/b24-16+. The maximum absolute atomic E-state index is 12.0. The highest BCUT2D eigenvalue weighted by molar-refractivity contribution is 5.86. The van der Waals surface area contributed by atoms with E-state index in [9.17, 15) is 14.4 Å². The monoisotopic (exact) mass is 530 g/mol. The predicted octanol–water partition coefficient (Wildman–Crippen LogP) is 1.89. The number of esters is 2. The first-order valence-corrected chi connectivity index (χ1v) is 10.8. The second-order valence-electron chi connectivity index (χ2n) is 7.04. The number of carbonyl (C=O) groups is 3. The van der Waals surface area contributed by atoms with Crippen LogP contribution in [0.4, 0.5) is 4.79 Å². The SMILES string of the molecule is C=CCOOCC(COOCC(=C)C)OC(=O)NC/N=C/OOC(COC(=O)C=C)COC(=O)C(=C)C. The summed E-state index contributed by atoms with van der Waals surface area (Å²) < 4.78 is 14.9. The minimum absolute atomic E-state index is 0.136. The number of hydrogen-bond acceptors (Lipinski definition) is 13. The van der Waals surface area contributed by atoms with E-state index in [1.165, 1.54) is 13.0 Å². The van der Waals surface area contributed by atoms with E-state index in [1.54, 1.807) is 6.92 Å². The van der Waals surface area contributed by atoms with Crippen molar-refractivity contribution in [1.29, 1.82) is 0 Å². The Morgan fingerprint density at radius 2 is 1.59 bits per heavy atom. The zero-order chi connectivity index (χ0) is 27.9. The molecule has 0 aliphatic heterocycles. The van der Waals surface area contributed by atoms with Crippen LogP contribution >= 0.6 is 0 Å². The number of hydrogen-bond donors (Lipinski definition) is 1. The number of aliphatic imine (C=N–C) groups is 1. The van der Waals surface area contributed by atoms with Crippen LogP contribution in [0.3, 0.4) is 0 Å². The fourth-order valence-electron chi connectivity index (χ4n) is 1.71. The maximum Gasteiger partial charge on any atom is 0.409 e. The van der Waals surface area contributed by atoms with Gasteiger partial charge < -0.3 is 24.4 Å². The number of rotatable bonds is 22. The highest BCUT2D eigenvalue weighted by Gasteiger charge is 2.18. The Kier molecular flexibility index (Phi) is 19.6. The lowest BCUT2D eigenvalue weighted by Gasteiger charge is -2.17. The Bertz CT molecular complexity index is 784. The minimum atomic E-state index is -0.979. The summed E-state index contributed by atoms with van der Waals surface area (Å²) in [5.74, 6) is -1.37. The molecule has 1 amide bonds. The summed E-state index contributed by atoms with van der Waals surface area (Å²) in [7, 11) is 0. The van der Waals surface area contributed by atoms with Gasteiger partial charge >= 0.3 is 18.0 Å². The molecule has 0 aliphatic carbocycles. The molecule has 0 fully saturated rings. The van der Waals surface area contributed by atoms with Gasteiger partial charge in [0.15, 0.2) is 12.2 Å². The van der Waals surface area contributed by atoms with Gasteiger partial charge in [0, 0.05) is 11.6 Å². The third-order valence-corrected chi connectivity index (χ3v) is 3.39. The fraction of sp³-hybridized carbons (Fsp3) is 0.478. The maximum atomic E-state index is 12.0. The molecule has 0 aromatic heterocycles. The summed E-state index contributed by atoms with van der Waals surface area (Å²) in [5, 5.41) is 2.33. The lowest BCUT2D eigenvalue weighted by molar-refractivity contribution is -0.325. The molecule has 2 atom stereocenters. The van der Waals surface area contributed by atoms with Crippen molar-refractivity contribution in [1.82, 2.24) is 5.32 Å². The number of carbonyl (C=O) groups excluding carboxylic acids is 3. The van der Waals surface area contributed by atoms with Crippen LogP contribution in [0, 0.1) is 0 Å². The molecule has 14 nitrogen and oxygen atoms in total. The average Bonchev–Trinajstić information content (AvgIpc) is 2.86. The van der Waals surface area contributed by atoms with Crippen molar-refractivity contribution in [3.05, 3.63) is 49.6 Å². The van der Waals surface area contributed by atoms with Crippen LogP contribution in [0.15, 0.2) is 54.6 Å². The first kappa shape index (κ1) is 33.4. The molecule has 14 heteroatoms. The number of amides is 1. The largest absolute Gasteiger partial charge is 0.459 e. The summed E-state index contributed by atoms with van der Waals surface area (Å²) >= 11 is 0. The molecule has 2 unspecified atom stereocenters. The van der Waals surface area contributed by atoms with Gasteiger partial charge in [-0.3, -0.25) is 0 Å². The summed E-state index contributed by atoms with van der Waals surface area (Å²) in [5.41, 5.74) is 0.910. The van der Waals surface area contributed by atoms with Crippen molar-refractivity contribution in [2.24, 2.45) is 4.99 Å². The van der Waals surface area contributed by atoms with Crippen LogP contribution in [-0.4, -0.2) is 83.0 Å². The molecule has 208 valence electrons. The third-order valence-electron chi connectivity index (χ3n) is 3.39. The average molecular weight is 531 g/mol. The zero-order valence-electron chi connectivity index (χ0n) is 21.0. The van der Waals surface area contributed by atoms with Gasteiger partial charge in [-0.2, -0.15) is 4.89 Å². The molecule has 0 radical (unpaired) electrons. The van der Waals surface area contributed by atoms with Crippen molar-refractivity contribution in [3.8, 4) is 0 Å². The van der Waals surface area contributed by atoms with Gasteiger partial charge in [0.2, 0.25) is 6.40 Å². The van der Waals surface area contributed by atoms with Crippen molar-refractivity contribution in [2.45, 2.75) is 26.1 Å². The van der Waals surface area contributed by atoms with E-state index in [2.05, 4.69) is 36.6 Å². The van der Waals surface area contributed by atoms with Gasteiger partial charge in [0.25, 0.3) is 0 Å². The van der Waals surface area contributed by atoms with E-state index in [-0.39, 0.29) is 51.9 Å². The first-order chi connectivity index (χ1) is 17.7. The van der Waals surface area contributed by atoms with E-state index < -0.39 is 30.2 Å². The number of nitrogens with zero attached hydrogens (tertiary/aromatic N) is 1. The van der Waals surface area contributed by atoms with Crippen LogP contribution in [0.2, 0.25) is 0 Å². The van der Waals surface area contributed by atoms with Gasteiger partial charge in [0.05, 0.1) is 0 Å².